The second-order valence-electron chi connectivity index (χ2n) is 4.11. The Balaban J connectivity index is 1.64. The van der Waals surface area contributed by atoms with Gasteiger partial charge in [-0.15, -0.1) is 0 Å². The quantitative estimate of drug-likeness (QED) is 0.767. The van der Waals surface area contributed by atoms with Gasteiger partial charge in [-0.1, -0.05) is 23.7 Å². The van der Waals surface area contributed by atoms with Crippen molar-refractivity contribution in [2.45, 2.75) is 5.75 Å². The maximum Gasteiger partial charge on any atom is 0.123 e. The van der Waals surface area contributed by atoms with Crippen LogP contribution in [0.2, 0.25) is 5.02 Å². The lowest BCUT2D eigenvalue weighted by atomic mass is 10.2. The highest BCUT2D eigenvalue weighted by Crippen LogP contribution is 2.15. The van der Waals surface area contributed by atoms with Crippen molar-refractivity contribution < 1.29 is 4.39 Å². The molecule has 0 heterocycles. The molecule has 0 unspecified atom stereocenters. The number of hydrogen-bond acceptors (Lipinski definition) is 2. The first-order chi connectivity index (χ1) is 9.24. The molecule has 0 radical (unpaired) electrons. The highest BCUT2D eigenvalue weighted by atomic mass is 35.5. The van der Waals surface area contributed by atoms with E-state index in [0.717, 1.165) is 28.8 Å². The van der Waals surface area contributed by atoms with Crippen LogP contribution in [0.3, 0.4) is 0 Å². The van der Waals surface area contributed by atoms with Crippen molar-refractivity contribution in [3.8, 4) is 0 Å². The van der Waals surface area contributed by atoms with Crippen LogP contribution in [-0.4, -0.2) is 12.3 Å². The fraction of sp³-hybridized carbons (Fsp3) is 0.200. The molecule has 2 aromatic rings. The summed E-state index contributed by atoms with van der Waals surface area (Å²) in [5.74, 6) is 1.77. The van der Waals surface area contributed by atoms with Gasteiger partial charge >= 0.3 is 0 Å². The lowest BCUT2D eigenvalue weighted by Gasteiger charge is -2.06. The summed E-state index contributed by atoms with van der Waals surface area (Å²) in [6.45, 7) is 0.865. The highest BCUT2D eigenvalue weighted by molar-refractivity contribution is 7.98. The number of benzene rings is 2. The van der Waals surface area contributed by atoms with Gasteiger partial charge < -0.3 is 5.32 Å². The van der Waals surface area contributed by atoms with Crippen LogP contribution in [0.4, 0.5) is 10.1 Å². The van der Waals surface area contributed by atoms with Crippen LogP contribution >= 0.6 is 23.4 Å². The van der Waals surface area contributed by atoms with E-state index >= 15 is 0 Å². The molecule has 0 spiro atoms. The molecule has 0 saturated carbocycles. The number of anilines is 1. The molecule has 0 aliphatic carbocycles. The third-order valence-electron chi connectivity index (χ3n) is 2.60. The molecule has 0 fully saturated rings. The maximum absolute atomic E-state index is 12.7. The predicted molar refractivity (Wildman–Crippen MR) is 82.5 cm³/mol. The summed E-state index contributed by atoms with van der Waals surface area (Å²) >= 11 is 7.69. The minimum absolute atomic E-state index is 0.206. The molecule has 2 rings (SSSR count). The Morgan fingerprint density at radius 2 is 1.68 bits per heavy atom. The lowest BCUT2D eigenvalue weighted by molar-refractivity contribution is 0.628. The molecule has 0 aromatic heterocycles. The fourth-order valence-electron chi connectivity index (χ4n) is 1.61. The van der Waals surface area contributed by atoms with Gasteiger partial charge in [0, 0.05) is 28.8 Å². The van der Waals surface area contributed by atoms with E-state index in [9.17, 15) is 4.39 Å². The second-order valence-corrected chi connectivity index (χ2v) is 5.65. The number of nitrogens with one attached hydrogen (secondary N) is 1. The summed E-state index contributed by atoms with van der Waals surface area (Å²) in [4.78, 5) is 0. The molecule has 100 valence electrons. The Labute approximate surface area is 122 Å². The normalized spacial score (nSPS) is 10.4. The van der Waals surface area contributed by atoms with Crippen molar-refractivity contribution in [1.29, 1.82) is 0 Å². The summed E-state index contributed by atoms with van der Waals surface area (Å²) in [5.41, 5.74) is 2.23. The van der Waals surface area contributed by atoms with Gasteiger partial charge in [-0.2, -0.15) is 11.8 Å². The first-order valence-electron chi connectivity index (χ1n) is 6.06. The van der Waals surface area contributed by atoms with E-state index in [1.807, 2.05) is 36.0 Å². The van der Waals surface area contributed by atoms with E-state index in [-0.39, 0.29) is 5.82 Å². The third-order valence-corrected chi connectivity index (χ3v) is 3.88. The Hall–Kier alpha value is -1.19. The molecule has 0 saturated heterocycles. The molecule has 0 atom stereocenters. The number of halogens is 2. The van der Waals surface area contributed by atoms with E-state index in [2.05, 4.69) is 5.32 Å². The van der Waals surface area contributed by atoms with E-state index in [1.165, 1.54) is 17.7 Å². The summed E-state index contributed by atoms with van der Waals surface area (Å²) < 4.78 is 12.7. The molecule has 1 nitrogen and oxygen atoms in total. The van der Waals surface area contributed by atoms with Gasteiger partial charge in [0.05, 0.1) is 0 Å². The van der Waals surface area contributed by atoms with Crippen molar-refractivity contribution >= 4 is 29.1 Å². The average molecular weight is 296 g/mol. The molecule has 19 heavy (non-hydrogen) atoms. The summed E-state index contributed by atoms with van der Waals surface area (Å²) in [6.07, 6.45) is 0. The molecule has 4 heteroatoms. The molecule has 2 aromatic carbocycles. The van der Waals surface area contributed by atoms with Crippen LogP contribution in [0.1, 0.15) is 5.56 Å². The SMILES string of the molecule is Fc1ccc(NCCSCc2ccc(Cl)cc2)cc1. The topological polar surface area (TPSA) is 12.0 Å². The zero-order valence-electron chi connectivity index (χ0n) is 10.4. The Morgan fingerprint density at radius 3 is 2.37 bits per heavy atom. The zero-order valence-corrected chi connectivity index (χ0v) is 12.0. The van der Waals surface area contributed by atoms with Crippen molar-refractivity contribution in [2.24, 2.45) is 0 Å². The van der Waals surface area contributed by atoms with Crippen LogP contribution in [0.5, 0.6) is 0 Å². The summed E-state index contributed by atoms with van der Waals surface area (Å²) in [7, 11) is 0. The van der Waals surface area contributed by atoms with Crippen LogP contribution in [-0.2, 0) is 5.75 Å². The van der Waals surface area contributed by atoms with E-state index in [4.69, 9.17) is 11.6 Å². The first-order valence-corrected chi connectivity index (χ1v) is 7.59. The molecule has 0 aliphatic rings. The fourth-order valence-corrected chi connectivity index (χ4v) is 2.55. The van der Waals surface area contributed by atoms with Gasteiger partial charge in [-0.05, 0) is 42.0 Å². The molecule has 0 amide bonds. The van der Waals surface area contributed by atoms with Crippen molar-refractivity contribution in [2.75, 3.05) is 17.6 Å². The largest absolute Gasteiger partial charge is 0.384 e. The average Bonchev–Trinajstić information content (AvgIpc) is 2.43. The predicted octanol–water partition coefficient (Wildman–Crippen LogP) is 4.82. The minimum Gasteiger partial charge on any atom is -0.384 e. The number of rotatable bonds is 6. The monoisotopic (exact) mass is 295 g/mol. The van der Waals surface area contributed by atoms with Gasteiger partial charge in [0.25, 0.3) is 0 Å². The van der Waals surface area contributed by atoms with Crippen LogP contribution in [0.15, 0.2) is 48.5 Å². The van der Waals surface area contributed by atoms with E-state index in [1.54, 1.807) is 12.1 Å². The second kappa shape index (κ2) is 7.41. The molecule has 0 bridgehead atoms. The van der Waals surface area contributed by atoms with Crippen LogP contribution in [0.25, 0.3) is 0 Å². The molecular weight excluding hydrogens is 281 g/mol. The maximum atomic E-state index is 12.7. The lowest BCUT2D eigenvalue weighted by Crippen LogP contribution is -2.04. The summed E-state index contributed by atoms with van der Waals surface area (Å²) in [5, 5.41) is 4.03. The summed E-state index contributed by atoms with van der Waals surface area (Å²) in [6, 6.07) is 14.3. The third kappa shape index (κ3) is 5.13. The molecular formula is C15H15ClFNS. The molecule has 1 N–H and O–H groups in total. The van der Waals surface area contributed by atoms with Gasteiger partial charge in [0.15, 0.2) is 0 Å². The van der Waals surface area contributed by atoms with Crippen molar-refractivity contribution in [1.82, 2.24) is 0 Å². The van der Waals surface area contributed by atoms with Crippen LogP contribution in [0, 0.1) is 5.82 Å². The van der Waals surface area contributed by atoms with Gasteiger partial charge in [0.2, 0.25) is 0 Å². The Bertz CT molecular complexity index is 451. The number of thioether (sulfide) groups is 1. The van der Waals surface area contributed by atoms with Gasteiger partial charge in [-0.25, -0.2) is 4.39 Å². The smallest absolute Gasteiger partial charge is 0.123 e. The van der Waals surface area contributed by atoms with Gasteiger partial charge in [0.1, 0.15) is 5.82 Å². The molecule has 0 aliphatic heterocycles. The van der Waals surface area contributed by atoms with Crippen molar-refractivity contribution in [3.63, 3.8) is 0 Å². The van der Waals surface area contributed by atoms with Crippen LogP contribution < -0.4 is 5.32 Å². The minimum atomic E-state index is -0.206. The number of hydrogen-bond donors (Lipinski definition) is 1. The van der Waals surface area contributed by atoms with E-state index < -0.39 is 0 Å². The Morgan fingerprint density at radius 1 is 1.00 bits per heavy atom. The zero-order chi connectivity index (χ0) is 13.5. The first kappa shape index (κ1) is 14.2. The van der Waals surface area contributed by atoms with Crippen molar-refractivity contribution in [3.05, 3.63) is 64.9 Å². The highest BCUT2D eigenvalue weighted by Gasteiger charge is 1.95. The standard InChI is InChI=1S/C15H15ClFNS/c16-13-3-1-12(2-4-13)11-19-10-9-18-15-7-5-14(17)6-8-15/h1-8,18H,9-11H2. The van der Waals surface area contributed by atoms with Gasteiger partial charge in [-0.3, -0.25) is 0 Å². The van der Waals surface area contributed by atoms with E-state index in [0.29, 0.717) is 0 Å². The Kier molecular flexibility index (Phi) is 5.55.